The van der Waals surface area contributed by atoms with Crippen LogP contribution in [0.3, 0.4) is 0 Å². The zero-order valence-corrected chi connectivity index (χ0v) is 13.9. The Morgan fingerprint density at radius 3 is 2.61 bits per heavy atom. The van der Waals surface area contributed by atoms with E-state index in [1.54, 1.807) is 0 Å². The highest BCUT2D eigenvalue weighted by Crippen LogP contribution is 2.23. The quantitative estimate of drug-likeness (QED) is 0.668. The monoisotopic (exact) mass is 312 g/mol. The highest BCUT2D eigenvalue weighted by molar-refractivity contribution is 5.99. The summed E-state index contributed by atoms with van der Waals surface area (Å²) in [5.41, 5.74) is 3.05. The predicted molar refractivity (Wildman–Crippen MR) is 91.3 cm³/mol. The topological polar surface area (TPSA) is 49.4 Å². The summed E-state index contributed by atoms with van der Waals surface area (Å²) in [6.45, 7) is 6.18. The van der Waals surface area contributed by atoms with E-state index < -0.39 is 0 Å². The number of piperidine rings is 1. The largest absolute Gasteiger partial charge is 0.344 e. The number of likely N-dealkylation sites (tertiary alicyclic amines) is 1. The molecule has 4 heteroatoms. The molecule has 2 rings (SSSR count). The predicted octanol–water partition coefficient (Wildman–Crippen LogP) is 1.95. The Hall–Kier alpha value is -2.12. The fourth-order valence-corrected chi connectivity index (χ4v) is 3.07. The van der Waals surface area contributed by atoms with Gasteiger partial charge < -0.3 is 5.32 Å². The molecule has 0 unspecified atom stereocenters. The maximum absolute atomic E-state index is 12.7. The van der Waals surface area contributed by atoms with Crippen LogP contribution in [0.25, 0.3) is 0 Å². The lowest BCUT2D eigenvalue weighted by Gasteiger charge is -2.30. The van der Waals surface area contributed by atoms with Crippen LogP contribution in [0.15, 0.2) is 18.2 Å². The van der Waals surface area contributed by atoms with Gasteiger partial charge in [-0.1, -0.05) is 29.7 Å². The molecule has 1 aromatic rings. The summed E-state index contributed by atoms with van der Waals surface area (Å²) >= 11 is 0. The van der Waals surface area contributed by atoms with Crippen molar-refractivity contribution >= 4 is 11.7 Å². The van der Waals surface area contributed by atoms with Crippen molar-refractivity contribution in [3.05, 3.63) is 34.9 Å². The maximum atomic E-state index is 12.7. The van der Waals surface area contributed by atoms with Crippen LogP contribution in [0.5, 0.6) is 0 Å². The van der Waals surface area contributed by atoms with Gasteiger partial charge in [-0.2, -0.15) is 0 Å². The van der Waals surface area contributed by atoms with Crippen molar-refractivity contribution in [2.45, 2.75) is 26.7 Å². The van der Waals surface area contributed by atoms with E-state index in [0.717, 1.165) is 37.1 Å². The van der Waals surface area contributed by atoms with Gasteiger partial charge in [0.05, 0.1) is 13.1 Å². The number of rotatable bonds is 5. The second-order valence-electron chi connectivity index (χ2n) is 6.21. The second kappa shape index (κ2) is 7.94. The first kappa shape index (κ1) is 17.2. The molecule has 0 aromatic heterocycles. The Labute approximate surface area is 138 Å². The summed E-state index contributed by atoms with van der Waals surface area (Å²) in [5.74, 6) is 2.63. The molecule has 0 bridgehead atoms. The van der Waals surface area contributed by atoms with Crippen LogP contribution in [0.2, 0.25) is 0 Å². The van der Waals surface area contributed by atoms with E-state index in [1.165, 1.54) is 5.56 Å². The Morgan fingerprint density at radius 1 is 1.30 bits per heavy atom. The summed E-state index contributed by atoms with van der Waals surface area (Å²) in [5, 5.41) is 2.67. The number of nitrogens with zero attached hydrogens (tertiary/aromatic N) is 1. The number of benzene rings is 1. The zero-order valence-electron chi connectivity index (χ0n) is 13.9. The van der Waals surface area contributed by atoms with Crippen molar-refractivity contribution < 1.29 is 9.59 Å². The van der Waals surface area contributed by atoms with Crippen molar-refractivity contribution in [2.24, 2.45) is 5.92 Å². The first-order chi connectivity index (χ1) is 11.0. The number of ketones is 1. The van der Waals surface area contributed by atoms with Crippen LogP contribution >= 0.6 is 0 Å². The molecule has 122 valence electrons. The van der Waals surface area contributed by atoms with E-state index in [9.17, 15) is 9.59 Å². The summed E-state index contributed by atoms with van der Waals surface area (Å²) in [6, 6.07) is 5.98. The minimum absolute atomic E-state index is 0.0536. The van der Waals surface area contributed by atoms with Gasteiger partial charge in [0.2, 0.25) is 5.91 Å². The molecule has 1 aromatic carbocycles. The Morgan fingerprint density at radius 2 is 2.00 bits per heavy atom. The van der Waals surface area contributed by atoms with Crippen molar-refractivity contribution in [1.82, 2.24) is 10.2 Å². The first-order valence-electron chi connectivity index (χ1n) is 8.05. The molecular weight excluding hydrogens is 288 g/mol. The van der Waals surface area contributed by atoms with Crippen molar-refractivity contribution in [3.8, 4) is 12.3 Å². The van der Waals surface area contributed by atoms with E-state index >= 15 is 0 Å². The molecule has 1 saturated heterocycles. The van der Waals surface area contributed by atoms with Crippen LogP contribution in [-0.4, -0.2) is 42.8 Å². The molecular formula is C19H24N2O2. The Kier molecular flexibility index (Phi) is 5.95. The number of carbonyl (C=O) groups is 2. The summed E-state index contributed by atoms with van der Waals surface area (Å²) in [7, 11) is 0. The van der Waals surface area contributed by atoms with E-state index in [0.29, 0.717) is 6.54 Å². The number of nitrogens with one attached hydrogen (secondary N) is 1. The van der Waals surface area contributed by atoms with Gasteiger partial charge in [0.15, 0.2) is 5.78 Å². The third-order valence-corrected chi connectivity index (χ3v) is 4.36. The van der Waals surface area contributed by atoms with Crippen LogP contribution in [0.1, 0.15) is 34.3 Å². The molecule has 0 atom stereocenters. The van der Waals surface area contributed by atoms with Gasteiger partial charge in [-0.15, -0.1) is 6.42 Å². The summed E-state index contributed by atoms with van der Waals surface area (Å²) < 4.78 is 0. The average Bonchev–Trinajstić information content (AvgIpc) is 2.53. The van der Waals surface area contributed by atoms with E-state index in [-0.39, 0.29) is 24.2 Å². The molecule has 1 aliphatic heterocycles. The van der Waals surface area contributed by atoms with E-state index in [4.69, 9.17) is 6.42 Å². The van der Waals surface area contributed by atoms with Gasteiger partial charge >= 0.3 is 0 Å². The molecule has 1 heterocycles. The minimum Gasteiger partial charge on any atom is -0.344 e. The van der Waals surface area contributed by atoms with Gasteiger partial charge in [-0.05, 0) is 45.3 Å². The standard InChI is InChI=1S/C19H24N2O2/c1-4-9-20-18(22)13-21-10-7-16(8-11-21)19(23)17-6-5-14(2)12-15(17)3/h1,5-6,12,16H,7-11,13H2,2-3H3,(H,20,22). The lowest BCUT2D eigenvalue weighted by atomic mass is 9.87. The van der Waals surface area contributed by atoms with Gasteiger partial charge in [0.25, 0.3) is 0 Å². The van der Waals surface area contributed by atoms with Crippen LogP contribution < -0.4 is 5.32 Å². The smallest absolute Gasteiger partial charge is 0.234 e. The van der Waals surface area contributed by atoms with Gasteiger partial charge in [0.1, 0.15) is 0 Å². The average molecular weight is 312 g/mol. The lowest BCUT2D eigenvalue weighted by Crippen LogP contribution is -2.42. The van der Waals surface area contributed by atoms with Crippen molar-refractivity contribution in [1.29, 1.82) is 0 Å². The molecule has 0 saturated carbocycles. The number of hydrogen-bond acceptors (Lipinski definition) is 3. The van der Waals surface area contributed by atoms with Gasteiger partial charge in [0, 0.05) is 11.5 Å². The molecule has 23 heavy (non-hydrogen) atoms. The number of amides is 1. The molecule has 4 nitrogen and oxygen atoms in total. The Bertz CT molecular complexity index is 623. The molecule has 0 spiro atoms. The van der Waals surface area contributed by atoms with Crippen LogP contribution in [0.4, 0.5) is 0 Å². The number of aryl methyl sites for hydroxylation is 2. The normalized spacial score (nSPS) is 15.9. The molecule has 1 aliphatic rings. The SMILES string of the molecule is C#CCNC(=O)CN1CCC(C(=O)c2ccc(C)cc2C)CC1. The number of carbonyl (C=O) groups excluding carboxylic acids is 2. The van der Waals surface area contributed by atoms with Crippen LogP contribution in [-0.2, 0) is 4.79 Å². The number of Topliss-reactive ketones (excluding diaryl/α,β-unsaturated/α-hetero) is 1. The van der Waals surface area contributed by atoms with E-state index in [1.807, 2.05) is 26.0 Å². The molecule has 1 amide bonds. The fourth-order valence-electron chi connectivity index (χ4n) is 3.07. The van der Waals surface area contributed by atoms with Crippen molar-refractivity contribution in [2.75, 3.05) is 26.2 Å². The summed E-state index contributed by atoms with van der Waals surface area (Å²) in [4.78, 5) is 26.4. The third kappa shape index (κ3) is 4.67. The highest BCUT2D eigenvalue weighted by Gasteiger charge is 2.27. The fraction of sp³-hybridized carbons (Fsp3) is 0.474. The second-order valence-corrected chi connectivity index (χ2v) is 6.21. The summed E-state index contributed by atoms with van der Waals surface area (Å²) in [6.07, 6.45) is 6.72. The molecule has 0 radical (unpaired) electrons. The molecule has 1 N–H and O–H groups in total. The molecule has 1 fully saturated rings. The number of terminal acetylenes is 1. The third-order valence-electron chi connectivity index (χ3n) is 4.36. The first-order valence-corrected chi connectivity index (χ1v) is 8.05. The Balaban J connectivity index is 1.88. The molecule has 0 aliphatic carbocycles. The van der Waals surface area contributed by atoms with Crippen molar-refractivity contribution in [3.63, 3.8) is 0 Å². The lowest BCUT2D eigenvalue weighted by molar-refractivity contribution is -0.122. The van der Waals surface area contributed by atoms with Gasteiger partial charge in [-0.3, -0.25) is 14.5 Å². The zero-order chi connectivity index (χ0) is 16.8. The number of hydrogen-bond donors (Lipinski definition) is 1. The highest BCUT2D eigenvalue weighted by atomic mass is 16.2. The maximum Gasteiger partial charge on any atom is 0.234 e. The van der Waals surface area contributed by atoms with Crippen LogP contribution in [0, 0.1) is 32.1 Å². The van der Waals surface area contributed by atoms with E-state index in [2.05, 4.69) is 22.2 Å². The minimum atomic E-state index is -0.0536. The van der Waals surface area contributed by atoms with Gasteiger partial charge in [-0.25, -0.2) is 0 Å².